The number of rotatable bonds is 4. The number of amides is 1. The van der Waals surface area contributed by atoms with Gasteiger partial charge in [-0.2, -0.15) is 0 Å². The molecule has 1 amide bonds. The van der Waals surface area contributed by atoms with Gasteiger partial charge in [0, 0.05) is 13.1 Å². The second kappa shape index (κ2) is 5.07. The molecule has 0 radical (unpaired) electrons. The molecule has 1 aromatic carbocycles. The average Bonchev–Trinajstić information content (AvgIpc) is 3.22. The van der Waals surface area contributed by atoms with E-state index in [4.69, 9.17) is 5.73 Å². The first kappa shape index (κ1) is 14.2. The molecule has 2 N–H and O–H groups in total. The van der Waals surface area contributed by atoms with Crippen LogP contribution < -0.4 is 5.73 Å². The number of nitro benzene ring substituents is 1. The summed E-state index contributed by atoms with van der Waals surface area (Å²) in [6, 6.07) is 1.67. The predicted octanol–water partition coefficient (Wildman–Crippen LogP) is 2.19. The molecule has 0 aromatic heterocycles. The van der Waals surface area contributed by atoms with Crippen molar-refractivity contribution < 1.29 is 14.1 Å². The summed E-state index contributed by atoms with van der Waals surface area (Å²) in [7, 11) is 1.60. The van der Waals surface area contributed by atoms with Crippen molar-refractivity contribution in [2.45, 2.75) is 25.8 Å². The standard InChI is InChI=1S/C13H16FN3O3/c1-7(8-3-4-8)16(2)13(18)10-5-9(14)6-11(12(10)15)17(19)20/h5-8H,3-4,15H2,1-2H3. The van der Waals surface area contributed by atoms with Gasteiger partial charge in [0.15, 0.2) is 0 Å². The maximum absolute atomic E-state index is 13.4. The fraction of sp³-hybridized carbons (Fsp3) is 0.462. The van der Waals surface area contributed by atoms with Gasteiger partial charge in [0.25, 0.3) is 11.6 Å². The molecule has 0 bridgehead atoms. The highest BCUT2D eigenvalue weighted by Gasteiger charge is 2.34. The zero-order chi connectivity index (χ0) is 15.0. The monoisotopic (exact) mass is 281 g/mol. The van der Waals surface area contributed by atoms with E-state index in [1.54, 1.807) is 7.05 Å². The Morgan fingerprint density at radius 1 is 1.55 bits per heavy atom. The molecular formula is C13H16FN3O3. The number of hydrogen-bond donors (Lipinski definition) is 1. The van der Waals surface area contributed by atoms with Crippen molar-refractivity contribution >= 4 is 17.3 Å². The normalized spacial score (nSPS) is 15.8. The Hall–Kier alpha value is -2.18. The van der Waals surface area contributed by atoms with Gasteiger partial charge < -0.3 is 10.6 Å². The van der Waals surface area contributed by atoms with Gasteiger partial charge in [-0.3, -0.25) is 14.9 Å². The van der Waals surface area contributed by atoms with Crippen LogP contribution in [0.15, 0.2) is 12.1 Å². The number of carbonyl (C=O) groups is 1. The molecule has 0 heterocycles. The Labute approximate surface area is 115 Å². The summed E-state index contributed by atoms with van der Waals surface area (Å²) >= 11 is 0. The number of anilines is 1. The number of nitrogen functional groups attached to an aromatic ring is 1. The summed E-state index contributed by atoms with van der Waals surface area (Å²) in [6.07, 6.45) is 2.11. The topological polar surface area (TPSA) is 89.5 Å². The van der Waals surface area contributed by atoms with E-state index in [0.717, 1.165) is 25.0 Å². The molecule has 1 aliphatic rings. The van der Waals surface area contributed by atoms with Crippen LogP contribution in [0.3, 0.4) is 0 Å². The molecule has 6 nitrogen and oxygen atoms in total. The van der Waals surface area contributed by atoms with Crippen LogP contribution in [0.5, 0.6) is 0 Å². The van der Waals surface area contributed by atoms with Crippen LogP contribution in [-0.4, -0.2) is 28.8 Å². The molecule has 1 unspecified atom stereocenters. The lowest BCUT2D eigenvalue weighted by Crippen LogP contribution is -2.36. The van der Waals surface area contributed by atoms with Gasteiger partial charge >= 0.3 is 0 Å². The second-order valence-corrected chi connectivity index (χ2v) is 5.14. The van der Waals surface area contributed by atoms with Gasteiger partial charge in [0.2, 0.25) is 0 Å². The maximum Gasteiger partial charge on any atom is 0.295 e. The molecule has 0 aliphatic heterocycles. The number of halogens is 1. The van der Waals surface area contributed by atoms with Crippen molar-refractivity contribution in [1.29, 1.82) is 0 Å². The minimum Gasteiger partial charge on any atom is -0.393 e. The quantitative estimate of drug-likeness (QED) is 0.520. The largest absolute Gasteiger partial charge is 0.393 e. The van der Waals surface area contributed by atoms with Crippen LogP contribution >= 0.6 is 0 Å². The number of nitrogens with two attached hydrogens (primary N) is 1. The molecule has 0 saturated heterocycles. The summed E-state index contributed by atoms with van der Waals surface area (Å²) in [6.45, 7) is 1.90. The predicted molar refractivity (Wildman–Crippen MR) is 71.7 cm³/mol. The fourth-order valence-electron chi connectivity index (χ4n) is 2.20. The van der Waals surface area contributed by atoms with Gasteiger partial charge in [-0.25, -0.2) is 4.39 Å². The summed E-state index contributed by atoms with van der Waals surface area (Å²) in [5.74, 6) is -0.903. The maximum atomic E-state index is 13.4. The van der Waals surface area contributed by atoms with Crippen LogP contribution in [0.2, 0.25) is 0 Å². The number of nitro groups is 1. The van der Waals surface area contributed by atoms with Crippen LogP contribution in [-0.2, 0) is 0 Å². The molecule has 1 aromatic rings. The first-order valence-electron chi connectivity index (χ1n) is 6.33. The average molecular weight is 281 g/mol. The Kier molecular flexibility index (Phi) is 3.61. The van der Waals surface area contributed by atoms with Crippen molar-refractivity contribution in [3.8, 4) is 0 Å². The van der Waals surface area contributed by atoms with Crippen molar-refractivity contribution in [2.75, 3.05) is 12.8 Å². The minimum atomic E-state index is -0.846. The minimum absolute atomic E-state index is 0.00391. The molecule has 108 valence electrons. The van der Waals surface area contributed by atoms with Crippen LogP contribution in [0, 0.1) is 21.8 Å². The Balaban J connectivity index is 2.36. The lowest BCUT2D eigenvalue weighted by molar-refractivity contribution is -0.384. The molecule has 7 heteroatoms. The van der Waals surface area contributed by atoms with Gasteiger partial charge in [-0.15, -0.1) is 0 Å². The summed E-state index contributed by atoms with van der Waals surface area (Å²) in [5.41, 5.74) is 4.59. The molecule has 1 saturated carbocycles. The molecule has 0 spiro atoms. The highest BCUT2D eigenvalue weighted by molar-refractivity contribution is 6.01. The highest BCUT2D eigenvalue weighted by atomic mass is 19.1. The summed E-state index contributed by atoms with van der Waals surface area (Å²) in [4.78, 5) is 23.8. The van der Waals surface area contributed by atoms with E-state index < -0.39 is 22.3 Å². The second-order valence-electron chi connectivity index (χ2n) is 5.14. The summed E-state index contributed by atoms with van der Waals surface area (Å²) < 4.78 is 13.4. The van der Waals surface area contributed by atoms with E-state index in [-0.39, 0.29) is 17.3 Å². The zero-order valence-corrected chi connectivity index (χ0v) is 11.3. The van der Waals surface area contributed by atoms with E-state index >= 15 is 0 Å². The molecule has 1 aliphatic carbocycles. The molecule has 1 atom stereocenters. The number of carbonyl (C=O) groups excluding carboxylic acids is 1. The number of nitrogens with zero attached hydrogens (tertiary/aromatic N) is 2. The Bertz CT molecular complexity index is 572. The third kappa shape index (κ3) is 2.56. The lowest BCUT2D eigenvalue weighted by atomic mass is 10.1. The SMILES string of the molecule is CC(C1CC1)N(C)C(=O)c1cc(F)cc([N+](=O)[O-])c1N. The number of hydrogen-bond acceptors (Lipinski definition) is 4. The first-order chi connectivity index (χ1) is 9.32. The van der Waals surface area contributed by atoms with Crippen molar-refractivity contribution in [1.82, 2.24) is 4.90 Å². The van der Waals surface area contributed by atoms with Crippen LogP contribution in [0.1, 0.15) is 30.1 Å². The first-order valence-corrected chi connectivity index (χ1v) is 6.33. The van der Waals surface area contributed by atoms with E-state index in [1.807, 2.05) is 6.92 Å². The zero-order valence-electron chi connectivity index (χ0n) is 11.3. The third-order valence-electron chi connectivity index (χ3n) is 3.79. The number of benzene rings is 1. The lowest BCUT2D eigenvalue weighted by Gasteiger charge is -2.25. The van der Waals surface area contributed by atoms with E-state index in [0.29, 0.717) is 5.92 Å². The van der Waals surface area contributed by atoms with E-state index in [2.05, 4.69) is 0 Å². The Morgan fingerprint density at radius 3 is 2.65 bits per heavy atom. The summed E-state index contributed by atoms with van der Waals surface area (Å²) in [5, 5.41) is 10.8. The van der Waals surface area contributed by atoms with Crippen molar-refractivity contribution in [3.63, 3.8) is 0 Å². The van der Waals surface area contributed by atoms with Gasteiger partial charge in [-0.05, 0) is 31.7 Å². The van der Waals surface area contributed by atoms with Crippen molar-refractivity contribution in [3.05, 3.63) is 33.6 Å². The fourth-order valence-corrected chi connectivity index (χ4v) is 2.20. The van der Waals surface area contributed by atoms with Gasteiger partial charge in [-0.1, -0.05) is 0 Å². The third-order valence-corrected chi connectivity index (χ3v) is 3.79. The van der Waals surface area contributed by atoms with E-state index in [1.165, 1.54) is 4.90 Å². The molecule has 1 fully saturated rings. The van der Waals surface area contributed by atoms with Crippen LogP contribution in [0.4, 0.5) is 15.8 Å². The highest BCUT2D eigenvalue weighted by Crippen LogP contribution is 2.36. The van der Waals surface area contributed by atoms with E-state index in [9.17, 15) is 19.3 Å². The van der Waals surface area contributed by atoms with Crippen LogP contribution in [0.25, 0.3) is 0 Å². The smallest absolute Gasteiger partial charge is 0.295 e. The Morgan fingerprint density at radius 2 is 2.15 bits per heavy atom. The van der Waals surface area contributed by atoms with Gasteiger partial charge in [0.05, 0.1) is 16.6 Å². The van der Waals surface area contributed by atoms with Crippen molar-refractivity contribution in [2.24, 2.45) is 5.92 Å². The molecule has 2 rings (SSSR count). The molecule has 20 heavy (non-hydrogen) atoms. The molecular weight excluding hydrogens is 265 g/mol. The van der Waals surface area contributed by atoms with Gasteiger partial charge in [0.1, 0.15) is 11.5 Å².